The van der Waals surface area contributed by atoms with Gasteiger partial charge in [0.05, 0.1) is 10.6 Å². The zero-order valence-electron chi connectivity index (χ0n) is 21.4. The molecule has 0 radical (unpaired) electrons. The summed E-state index contributed by atoms with van der Waals surface area (Å²) in [6.07, 6.45) is -1.78. The highest BCUT2D eigenvalue weighted by molar-refractivity contribution is 7.92. The van der Waals surface area contributed by atoms with E-state index in [-0.39, 0.29) is 16.0 Å². The van der Waals surface area contributed by atoms with Crippen LogP contribution in [0.1, 0.15) is 18.1 Å². The Labute approximate surface area is 231 Å². The van der Waals surface area contributed by atoms with Gasteiger partial charge in [-0.05, 0) is 42.3 Å². The van der Waals surface area contributed by atoms with Gasteiger partial charge in [0, 0.05) is 30.1 Å². The van der Waals surface area contributed by atoms with Crippen LogP contribution in [0.5, 0.6) is 0 Å². The van der Waals surface area contributed by atoms with E-state index in [0.717, 1.165) is 19.1 Å². The number of sulfone groups is 1. The van der Waals surface area contributed by atoms with Gasteiger partial charge in [0.1, 0.15) is 18.4 Å². The Morgan fingerprint density at radius 1 is 1.12 bits per heavy atom. The molecule has 2 aromatic carbocycles. The van der Waals surface area contributed by atoms with E-state index in [2.05, 4.69) is 10.3 Å². The second-order valence-electron chi connectivity index (χ2n) is 9.80. The summed E-state index contributed by atoms with van der Waals surface area (Å²) in [5.74, 6) is -3.74. The smallest absolute Gasteiger partial charge is 0.325 e. The Kier molecular flexibility index (Phi) is 6.84. The summed E-state index contributed by atoms with van der Waals surface area (Å²) in [5.41, 5.74) is -0.759. The molecular formula is C27H22F4N4O5S. The van der Waals surface area contributed by atoms with Crippen LogP contribution in [0.2, 0.25) is 0 Å². The number of pyridine rings is 1. The maximum Gasteiger partial charge on any atom is 0.408 e. The van der Waals surface area contributed by atoms with Crippen LogP contribution in [-0.4, -0.2) is 65.6 Å². The van der Waals surface area contributed by atoms with Crippen molar-refractivity contribution in [2.45, 2.75) is 36.1 Å². The van der Waals surface area contributed by atoms with Gasteiger partial charge in [-0.3, -0.25) is 19.5 Å². The average Bonchev–Trinajstić information content (AvgIpc) is 3.30. The fourth-order valence-corrected chi connectivity index (χ4v) is 6.93. The normalized spacial score (nSPS) is 20.2. The van der Waals surface area contributed by atoms with Crippen LogP contribution in [-0.2, 0) is 31.5 Å². The van der Waals surface area contributed by atoms with E-state index in [1.807, 2.05) is 0 Å². The number of nitrogens with one attached hydrogen (secondary N) is 1. The summed E-state index contributed by atoms with van der Waals surface area (Å²) in [6, 6.07) is 8.71. The van der Waals surface area contributed by atoms with E-state index in [4.69, 9.17) is 0 Å². The number of rotatable bonds is 6. The largest absolute Gasteiger partial charge is 0.408 e. The van der Waals surface area contributed by atoms with Crippen molar-refractivity contribution in [1.82, 2.24) is 20.1 Å². The van der Waals surface area contributed by atoms with Crippen LogP contribution < -0.4 is 5.32 Å². The molecule has 0 aliphatic carbocycles. The van der Waals surface area contributed by atoms with Gasteiger partial charge in [0.15, 0.2) is 15.4 Å². The second-order valence-corrected chi connectivity index (χ2v) is 11.8. The van der Waals surface area contributed by atoms with E-state index in [1.165, 1.54) is 30.5 Å². The van der Waals surface area contributed by atoms with E-state index in [1.54, 1.807) is 24.4 Å². The number of amides is 4. The van der Waals surface area contributed by atoms with E-state index in [0.29, 0.717) is 20.9 Å². The molecular weight excluding hydrogens is 568 g/mol. The summed E-state index contributed by atoms with van der Waals surface area (Å²) in [5, 5.41) is 2.37. The number of imide groups is 1. The minimum Gasteiger partial charge on any atom is -0.325 e. The first-order chi connectivity index (χ1) is 19.2. The number of hydrogen-bond acceptors (Lipinski definition) is 6. The molecule has 14 heteroatoms. The lowest BCUT2D eigenvalue weighted by Crippen LogP contribution is -2.51. The number of carbonyl (C=O) groups is 3. The zero-order chi connectivity index (χ0) is 29.7. The number of halogens is 4. The van der Waals surface area contributed by atoms with Gasteiger partial charge in [-0.1, -0.05) is 30.3 Å². The fraction of sp³-hybridized carbons (Fsp3) is 0.259. The van der Waals surface area contributed by atoms with Gasteiger partial charge in [-0.2, -0.15) is 13.2 Å². The van der Waals surface area contributed by atoms with Crippen molar-refractivity contribution in [3.63, 3.8) is 0 Å². The predicted molar refractivity (Wildman–Crippen MR) is 136 cm³/mol. The van der Waals surface area contributed by atoms with Gasteiger partial charge in [0.2, 0.25) is 5.91 Å². The highest BCUT2D eigenvalue weighted by Crippen LogP contribution is 2.43. The summed E-state index contributed by atoms with van der Waals surface area (Å²) >= 11 is 0. The van der Waals surface area contributed by atoms with Gasteiger partial charge >= 0.3 is 12.2 Å². The molecule has 2 atom stereocenters. The molecule has 0 bridgehead atoms. The predicted octanol–water partition coefficient (Wildman–Crippen LogP) is 3.40. The molecule has 1 saturated heterocycles. The number of aromatic nitrogens is 1. The third-order valence-electron chi connectivity index (χ3n) is 7.17. The molecule has 214 valence electrons. The monoisotopic (exact) mass is 590 g/mol. The molecule has 1 aromatic heterocycles. The first-order valence-corrected chi connectivity index (χ1v) is 13.9. The van der Waals surface area contributed by atoms with Gasteiger partial charge in [-0.15, -0.1) is 0 Å². The Bertz CT molecular complexity index is 1650. The molecule has 1 fully saturated rings. The third-order valence-corrected chi connectivity index (χ3v) is 9.00. The SMILES string of the molecule is C[C@H](N(Cc1ccc(F)cc1)C(=O)CN1C(=O)NC2(CS(=O)(=O)c3cc(-c4cccnc4)ccc32)C1=O)C(F)(F)F. The van der Waals surface area contributed by atoms with Crippen LogP contribution >= 0.6 is 0 Å². The van der Waals surface area contributed by atoms with Gasteiger partial charge < -0.3 is 10.2 Å². The number of alkyl halides is 3. The molecule has 3 heterocycles. The molecule has 9 nitrogen and oxygen atoms in total. The number of urea groups is 1. The summed E-state index contributed by atoms with van der Waals surface area (Å²) < 4.78 is 80.6. The van der Waals surface area contributed by atoms with E-state index in [9.17, 15) is 40.4 Å². The molecule has 1 N–H and O–H groups in total. The van der Waals surface area contributed by atoms with Crippen molar-refractivity contribution < 1.29 is 40.4 Å². The number of fused-ring (bicyclic) bond motifs is 2. The minimum absolute atomic E-state index is 0.00901. The van der Waals surface area contributed by atoms with Gasteiger partial charge in [-0.25, -0.2) is 17.6 Å². The van der Waals surface area contributed by atoms with Crippen LogP contribution in [0, 0.1) is 5.82 Å². The highest BCUT2D eigenvalue weighted by Gasteiger charge is 2.60. The summed E-state index contributed by atoms with van der Waals surface area (Å²) in [4.78, 5) is 44.4. The van der Waals surface area contributed by atoms with Crippen molar-refractivity contribution in [2.75, 3.05) is 12.3 Å². The molecule has 41 heavy (non-hydrogen) atoms. The highest BCUT2D eigenvalue weighted by atomic mass is 32.2. The summed E-state index contributed by atoms with van der Waals surface area (Å²) in [7, 11) is -4.09. The van der Waals surface area contributed by atoms with Crippen molar-refractivity contribution in [1.29, 1.82) is 0 Å². The molecule has 2 aliphatic heterocycles. The van der Waals surface area contributed by atoms with Crippen molar-refractivity contribution >= 4 is 27.7 Å². The maximum atomic E-state index is 13.7. The zero-order valence-corrected chi connectivity index (χ0v) is 22.2. The molecule has 4 amide bonds. The first kappa shape index (κ1) is 28.2. The molecule has 1 spiro atoms. The van der Waals surface area contributed by atoms with Crippen molar-refractivity contribution in [2.24, 2.45) is 0 Å². The average molecular weight is 591 g/mol. The third kappa shape index (κ3) is 5.03. The molecule has 2 aliphatic rings. The second kappa shape index (κ2) is 9.94. The Balaban J connectivity index is 1.45. The van der Waals surface area contributed by atoms with Gasteiger partial charge in [0.25, 0.3) is 5.91 Å². The summed E-state index contributed by atoms with van der Waals surface area (Å²) in [6.45, 7) is -0.908. The van der Waals surface area contributed by atoms with Crippen LogP contribution in [0.15, 0.2) is 71.9 Å². The lowest BCUT2D eigenvalue weighted by atomic mass is 9.90. The van der Waals surface area contributed by atoms with Crippen molar-refractivity contribution in [3.05, 3.63) is 83.9 Å². The van der Waals surface area contributed by atoms with E-state index < -0.39 is 70.1 Å². The Hall–Kier alpha value is -4.33. The maximum absolute atomic E-state index is 13.7. The molecule has 5 rings (SSSR count). The van der Waals surface area contributed by atoms with E-state index >= 15 is 0 Å². The number of hydrogen-bond donors (Lipinski definition) is 1. The first-order valence-electron chi connectivity index (χ1n) is 12.3. The fourth-order valence-electron chi connectivity index (χ4n) is 4.97. The number of carbonyl (C=O) groups excluding carboxylic acids is 3. The molecule has 1 unspecified atom stereocenters. The Morgan fingerprint density at radius 3 is 2.46 bits per heavy atom. The standard InChI is InChI=1S/C27H22F4N4O5S/c1-16(27(29,30)31)34(13-17-4-7-20(28)8-5-17)23(36)14-35-24(37)26(33-25(35)38)15-41(39,40)22-11-18(6-9-21(22)26)19-3-2-10-32-12-19/h2-12,16H,13-15H2,1H3,(H,33,38)/t16-,26?/m0/s1. The molecule has 0 saturated carbocycles. The quantitative estimate of drug-likeness (QED) is 0.348. The lowest BCUT2D eigenvalue weighted by Gasteiger charge is -2.32. The van der Waals surface area contributed by atoms with Crippen LogP contribution in [0.25, 0.3) is 11.1 Å². The topological polar surface area (TPSA) is 117 Å². The number of nitrogens with zero attached hydrogens (tertiary/aromatic N) is 3. The lowest BCUT2D eigenvalue weighted by molar-refractivity contribution is -0.187. The minimum atomic E-state index is -4.85. The van der Waals surface area contributed by atoms with Crippen LogP contribution in [0.4, 0.5) is 22.4 Å². The number of benzene rings is 2. The van der Waals surface area contributed by atoms with Crippen molar-refractivity contribution in [3.8, 4) is 11.1 Å². The van der Waals surface area contributed by atoms with Crippen LogP contribution in [0.3, 0.4) is 0 Å². The Morgan fingerprint density at radius 2 is 1.83 bits per heavy atom. The molecule has 3 aromatic rings.